The molecule has 0 aliphatic heterocycles. The van der Waals surface area contributed by atoms with Crippen LogP contribution in [0.4, 0.5) is 0 Å². The summed E-state index contributed by atoms with van der Waals surface area (Å²) in [5.41, 5.74) is 0. The predicted octanol–water partition coefficient (Wildman–Crippen LogP) is 3.69. The predicted molar refractivity (Wildman–Crippen MR) is 91.6 cm³/mol. The summed E-state index contributed by atoms with van der Waals surface area (Å²) in [4.78, 5) is 17.4. The van der Waals surface area contributed by atoms with Gasteiger partial charge in [-0.15, -0.1) is 0 Å². The molecule has 22 heavy (non-hydrogen) atoms. The molecule has 1 rings (SSSR count). The van der Waals surface area contributed by atoms with Gasteiger partial charge in [0, 0.05) is 30.7 Å². The van der Waals surface area contributed by atoms with Gasteiger partial charge in [-0.3, -0.25) is 9.13 Å². The molecule has 0 spiro atoms. The van der Waals surface area contributed by atoms with Crippen LogP contribution < -0.4 is 0 Å². The first-order valence-electron chi connectivity index (χ1n) is 7.13. The first-order chi connectivity index (χ1) is 10.0. The lowest BCUT2D eigenvalue weighted by Crippen LogP contribution is -1.84. The first-order valence-corrected chi connectivity index (χ1v) is 11.2. The lowest BCUT2D eigenvalue weighted by atomic mass is 10.3. The average molecular weight is 354 g/mol. The number of aromatic hydroxyl groups is 2. The molecule has 0 unspecified atom stereocenters. The summed E-state index contributed by atoms with van der Waals surface area (Å²) in [6.07, 6.45) is 1.62. The highest BCUT2D eigenvalue weighted by molar-refractivity contribution is 7.58. The maximum atomic E-state index is 10.5. The Kier molecular flexibility index (Phi) is 12.5. The summed E-state index contributed by atoms with van der Waals surface area (Å²) < 4.78 is 21.0. The van der Waals surface area contributed by atoms with E-state index in [1.807, 2.05) is 0 Å². The van der Waals surface area contributed by atoms with E-state index in [-0.39, 0.29) is 11.5 Å². The van der Waals surface area contributed by atoms with Crippen molar-refractivity contribution in [3.63, 3.8) is 0 Å². The van der Waals surface area contributed by atoms with Gasteiger partial charge in [0.15, 0.2) is 14.7 Å². The second-order valence-corrected chi connectivity index (χ2v) is 10.4. The molecule has 0 fully saturated rings. The van der Waals surface area contributed by atoms with Gasteiger partial charge in [0.25, 0.3) is 0 Å². The SMILES string of the molecule is CCP(=O)(O)CC.CCP(=O)(O)CC.Oc1cccc(O)c1. The summed E-state index contributed by atoms with van der Waals surface area (Å²) in [7, 11) is -5.31. The van der Waals surface area contributed by atoms with E-state index >= 15 is 0 Å². The molecule has 6 nitrogen and oxygen atoms in total. The van der Waals surface area contributed by atoms with Crippen molar-refractivity contribution in [1.29, 1.82) is 0 Å². The Morgan fingerprint density at radius 2 is 1.05 bits per heavy atom. The van der Waals surface area contributed by atoms with Crippen molar-refractivity contribution < 1.29 is 29.1 Å². The number of hydrogen-bond acceptors (Lipinski definition) is 4. The second kappa shape index (κ2) is 11.7. The van der Waals surface area contributed by atoms with E-state index in [0.29, 0.717) is 24.6 Å². The summed E-state index contributed by atoms with van der Waals surface area (Å²) in [5, 5.41) is 17.3. The van der Waals surface area contributed by atoms with Gasteiger partial charge in [0.05, 0.1) is 0 Å². The standard InChI is InChI=1S/C6H6O2.2C4H11O2P/c7-5-2-1-3-6(8)4-5;2*1-3-7(5,6)4-2/h1-4,7-8H;2*3-4H2,1-2H3,(H,5,6). The van der Waals surface area contributed by atoms with Crippen molar-refractivity contribution in [1.82, 2.24) is 0 Å². The van der Waals surface area contributed by atoms with Gasteiger partial charge in [-0.25, -0.2) is 0 Å². The first kappa shape index (κ1) is 23.5. The van der Waals surface area contributed by atoms with Crippen molar-refractivity contribution in [3.8, 4) is 11.5 Å². The lowest BCUT2D eigenvalue weighted by molar-refractivity contribution is 0.450. The van der Waals surface area contributed by atoms with Crippen LogP contribution in [0.5, 0.6) is 11.5 Å². The van der Waals surface area contributed by atoms with E-state index in [0.717, 1.165) is 0 Å². The topological polar surface area (TPSA) is 115 Å². The Morgan fingerprint density at radius 1 is 0.773 bits per heavy atom. The Hall–Kier alpha value is -0.800. The molecular weight excluding hydrogens is 326 g/mol. The minimum Gasteiger partial charge on any atom is -0.508 e. The molecule has 0 saturated heterocycles. The third-order valence-electron chi connectivity index (χ3n) is 2.81. The van der Waals surface area contributed by atoms with Crippen LogP contribution in [0, 0.1) is 0 Å². The largest absolute Gasteiger partial charge is 0.508 e. The molecule has 0 aliphatic rings. The lowest BCUT2D eigenvalue weighted by Gasteiger charge is -2.01. The van der Waals surface area contributed by atoms with Crippen molar-refractivity contribution in [3.05, 3.63) is 24.3 Å². The van der Waals surface area contributed by atoms with Crippen molar-refractivity contribution in [2.75, 3.05) is 24.6 Å². The van der Waals surface area contributed by atoms with Gasteiger partial charge in [-0.2, -0.15) is 0 Å². The fourth-order valence-corrected chi connectivity index (χ4v) is 1.83. The molecule has 0 amide bonds. The third-order valence-corrected chi connectivity index (χ3v) is 6.76. The molecule has 1 aromatic rings. The quantitative estimate of drug-likeness (QED) is 0.613. The number of rotatable bonds is 4. The van der Waals surface area contributed by atoms with E-state index in [9.17, 15) is 9.13 Å². The molecule has 0 radical (unpaired) electrons. The van der Waals surface area contributed by atoms with Gasteiger partial charge in [0.1, 0.15) is 11.5 Å². The minimum absolute atomic E-state index is 0.0880. The molecule has 0 heterocycles. The van der Waals surface area contributed by atoms with E-state index in [2.05, 4.69) is 0 Å². The van der Waals surface area contributed by atoms with Gasteiger partial charge in [-0.05, 0) is 12.1 Å². The Bertz CT molecular complexity index is 447. The highest BCUT2D eigenvalue weighted by atomic mass is 31.2. The van der Waals surface area contributed by atoms with Crippen LogP contribution in [0.2, 0.25) is 0 Å². The van der Waals surface area contributed by atoms with Gasteiger partial charge < -0.3 is 20.0 Å². The van der Waals surface area contributed by atoms with Crippen LogP contribution in [-0.4, -0.2) is 44.6 Å². The van der Waals surface area contributed by atoms with E-state index in [1.165, 1.54) is 18.2 Å². The highest BCUT2D eigenvalue weighted by Crippen LogP contribution is 2.38. The molecule has 1 aromatic carbocycles. The summed E-state index contributed by atoms with van der Waals surface area (Å²) >= 11 is 0. The molecular formula is C14H28O6P2. The number of phenolic OH excluding ortho intramolecular Hbond substituents is 2. The minimum atomic E-state index is -2.65. The van der Waals surface area contributed by atoms with E-state index < -0.39 is 14.7 Å². The maximum absolute atomic E-state index is 10.5. The Morgan fingerprint density at radius 3 is 1.14 bits per heavy atom. The molecule has 130 valence electrons. The fourth-order valence-electron chi connectivity index (χ4n) is 0.940. The second-order valence-electron chi connectivity index (χ2n) is 4.48. The van der Waals surface area contributed by atoms with E-state index in [4.69, 9.17) is 20.0 Å². The molecule has 0 aromatic heterocycles. The zero-order valence-corrected chi connectivity index (χ0v) is 15.4. The van der Waals surface area contributed by atoms with Gasteiger partial charge >= 0.3 is 0 Å². The summed E-state index contributed by atoms with van der Waals surface area (Å²) in [6.45, 7) is 6.91. The van der Waals surface area contributed by atoms with Crippen LogP contribution in [-0.2, 0) is 9.13 Å². The summed E-state index contributed by atoms with van der Waals surface area (Å²) in [6, 6.07) is 5.85. The van der Waals surface area contributed by atoms with Crippen LogP contribution in [0.15, 0.2) is 24.3 Å². The van der Waals surface area contributed by atoms with Crippen molar-refractivity contribution >= 4 is 14.7 Å². The van der Waals surface area contributed by atoms with Crippen molar-refractivity contribution in [2.45, 2.75) is 27.7 Å². The number of phenols is 2. The monoisotopic (exact) mass is 354 g/mol. The molecule has 8 heteroatoms. The number of hydrogen-bond donors (Lipinski definition) is 4. The van der Waals surface area contributed by atoms with Crippen LogP contribution >= 0.6 is 14.7 Å². The third kappa shape index (κ3) is 14.2. The molecule has 0 saturated carbocycles. The normalized spacial score (nSPS) is 10.8. The van der Waals surface area contributed by atoms with Crippen LogP contribution in [0.3, 0.4) is 0 Å². The highest BCUT2D eigenvalue weighted by Gasteiger charge is 2.09. The summed E-state index contributed by atoms with van der Waals surface area (Å²) in [5.74, 6) is 0.176. The maximum Gasteiger partial charge on any atom is 0.200 e. The molecule has 4 N–H and O–H groups in total. The van der Waals surface area contributed by atoms with Gasteiger partial charge in [-0.1, -0.05) is 33.8 Å². The molecule has 0 atom stereocenters. The zero-order valence-electron chi connectivity index (χ0n) is 13.6. The Labute approximate surface area is 132 Å². The van der Waals surface area contributed by atoms with Crippen LogP contribution in [0.1, 0.15) is 27.7 Å². The van der Waals surface area contributed by atoms with Crippen LogP contribution in [0.25, 0.3) is 0 Å². The van der Waals surface area contributed by atoms with Gasteiger partial charge in [0.2, 0.25) is 0 Å². The van der Waals surface area contributed by atoms with Crippen molar-refractivity contribution in [2.24, 2.45) is 0 Å². The fraction of sp³-hybridized carbons (Fsp3) is 0.571. The molecule has 0 bridgehead atoms. The van der Waals surface area contributed by atoms with E-state index in [1.54, 1.807) is 33.8 Å². The average Bonchev–Trinajstić information content (AvgIpc) is 2.48. The zero-order chi connectivity index (χ0) is 17.8. The Balaban J connectivity index is 0. The smallest absolute Gasteiger partial charge is 0.200 e. The molecule has 0 aliphatic carbocycles. The number of benzene rings is 1.